The number of nitrogens with zero attached hydrogens (tertiary/aromatic N) is 7. The van der Waals surface area contributed by atoms with E-state index in [0.717, 1.165) is 37.1 Å². The summed E-state index contributed by atoms with van der Waals surface area (Å²) in [4.78, 5) is 28.1. The van der Waals surface area contributed by atoms with Gasteiger partial charge in [0.1, 0.15) is 34.9 Å². The number of fused-ring (bicyclic) bond motifs is 3. The van der Waals surface area contributed by atoms with Crippen LogP contribution < -0.4 is 15.4 Å². The van der Waals surface area contributed by atoms with Gasteiger partial charge < -0.3 is 20.3 Å². The SMILES string of the molecule is C=CC(=O)N1CCC(N(CC)c2nc(OC)nc3c(C#N)c(-c4ccc(F)c5sc(N)c(C#N)c45)ccc23)C1CC.CC.FC1CC2CCCN2C1. The van der Waals surface area contributed by atoms with Gasteiger partial charge in [-0.2, -0.15) is 20.5 Å². The number of hydrogen-bond donors (Lipinski definition) is 1. The highest BCUT2D eigenvalue weighted by atomic mass is 32.1. The second-order valence-electron chi connectivity index (χ2n) is 12.8. The number of nitriles is 2. The molecule has 3 aliphatic heterocycles. The molecule has 4 atom stereocenters. The van der Waals surface area contributed by atoms with Gasteiger partial charge in [-0.15, -0.1) is 11.3 Å². The Hall–Kier alpha value is -4.85. The summed E-state index contributed by atoms with van der Waals surface area (Å²) in [5, 5.41) is 21.4. The van der Waals surface area contributed by atoms with Crippen LogP contribution in [0.5, 0.6) is 6.01 Å². The summed E-state index contributed by atoms with van der Waals surface area (Å²) in [5.74, 6) is 0.000916. The first kappa shape index (κ1) is 38.4. The normalized spacial score (nSPS) is 20.7. The van der Waals surface area contributed by atoms with Crippen LogP contribution in [0, 0.1) is 28.5 Å². The van der Waals surface area contributed by atoms with Gasteiger partial charge in [-0.1, -0.05) is 39.5 Å². The topological polar surface area (TPSA) is 135 Å². The number of nitrogen functional groups attached to an aromatic ring is 1. The molecule has 0 radical (unpaired) electrons. The van der Waals surface area contributed by atoms with Crippen LogP contribution in [0.4, 0.5) is 19.6 Å². The molecule has 5 heterocycles. The minimum Gasteiger partial charge on any atom is -0.467 e. The summed E-state index contributed by atoms with van der Waals surface area (Å²) < 4.78 is 33.1. The molecular formula is C39H46F2N8O2S. The smallest absolute Gasteiger partial charge is 0.318 e. The summed E-state index contributed by atoms with van der Waals surface area (Å²) in [6.45, 7) is 14.8. The molecule has 274 valence electrons. The molecule has 3 saturated heterocycles. The Kier molecular flexibility index (Phi) is 12.3. The standard InChI is InChI=1S/C30H28FN7O2S.C7H12FN.C2H6/c1-5-22-23(12-13-38(22)24(39)6-2)37(7-3)29-18-9-8-16(19(14-32)26(18)35-30(36-29)40-4)17-10-11-21(31)27-25(17)20(15-33)28(34)41-27;8-6-4-7-2-1-3-9(7)5-6;1-2/h6,8-11,22-23H,2,5,7,12-13,34H2,1,3-4H3;6-7H,1-5H2;1-2H3. The summed E-state index contributed by atoms with van der Waals surface area (Å²) >= 11 is 1.00. The number of aromatic nitrogens is 2. The predicted molar refractivity (Wildman–Crippen MR) is 204 cm³/mol. The first-order valence-electron chi connectivity index (χ1n) is 18.0. The van der Waals surface area contributed by atoms with Crippen LogP contribution in [-0.4, -0.2) is 83.3 Å². The van der Waals surface area contributed by atoms with Crippen LogP contribution in [0.3, 0.4) is 0 Å². The third-order valence-corrected chi connectivity index (χ3v) is 11.2. The maximum Gasteiger partial charge on any atom is 0.318 e. The molecule has 0 aliphatic carbocycles. The molecule has 4 unspecified atom stereocenters. The number of ether oxygens (including phenoxy) is 1. The van der Waals surface area contributed by atoms with Gasteiger partial charge in [0.05, 0.1) is 40.5 Å². The monoisotopic (exact) mass is 728 g/mol. The number of carbonyl (C=O) groups excluding carboxylic acids is 1. The molecule has 7 rings (SSSR count). The first-order valence-corrected chi connectivity index (χ1v) is 18.8. The Bertz CT molecular complexity index is 2030. The molecule has 3 aliphatic rings. The lowest BCUT2D eigenvalue weighted by Gasteiger charge is -2.35. The van der Waals surface area contributed by atoms with Crippen molar-refractivity contribution in [2.75, 3.05) is 43.9 Å². The fraction of sp³-hybridized carbons (Fsp3) is 0.462. The van der Waals surface area contributed by atoms with E-state index in [-0.39, 0.29) is 44.8 Å². The van der Waals surface area contributed by atoms with Gasteiger partial charge >= 0.3 is 6.01 Å². The largest absolute Gasteiger partial charge is 0.467 e. The molecular weight excluding hydrogens is 683 g/mol. The van der Waals surface area contributed by atoms with Crippen molar-refractivity contribution in [3.8, 4) is 29.3 Å². The summed E-state index contributed by atoms with van der Waals surface area (Å²) in [6.07, 6.45) is 5.65. The lowest BCUT2D eigenvalue weighted by Crippen LogP contribution is -2.46. The van der Waals surface area contributed by atoms with Crippen molar-refractivity contribution >= 4 is 49.1 Å². The molecule has 2 N–H and O–H groups in total. The minimum atomic E-state index is -0.518. The van der Waals surface area contributed by atoms with E-state index in [1.165, 1.54) is 32.1 Å². The Balaban J connectivity index is 0.000000405. The van der Waals surface area contributed by atoms with Gasteiger partial charge in [0.25, 0.3) is 0 Å². The number of rotatable bonds is 7. The highest BCUT2D eigenvalue weighted by Gasteiger charge is 2.39. The number of benzene rings is 2. The number of carbonyl (C=O) groups is 1. The molecule has 2 aromatic heterocycles. The number of hydrogen-bond acceptors (Lipinski definition) is 10. The molecule has 2 aromatic carbocycles. The zero-order valence-electron chi connectivity index (χ0n) is 30.5. The zero-order chi connectivity index (χ0) is 37.7. The Morgan fingerprint density at radius 1 is 1.13 bits per heavy atom. The second kappa shape index (κ2) is 16.7. The fourth-order valence-corrected chi connectivity index (χ4v) is 8.93. The number of methoxy groups -OCH3 is 1. The van der Waals surface area contributed by atoms with Gasteiger partial charge in [0.15, 0.2) is 0 Å². The molecule has 13 heteroatoms. The van der Waals surface area contributed by atoms with Gasteiger partial charge in [0.2, 0.25) is 5.91 Å². The van der Waals surface area contributed by atoms with E-state index in [2.05, 4.69) is 40.4 Å². The van der Waals surface area contributed by atoms with Crippen molar-refractivity contribution in [2.24, 2.45) is 0 Å². The molecule has 1 amide bonds. The zero-order valence-corrected chi connectivity index (χ0v) is 31.3. The van der Waals surface area contributed by atoms with Gasteiger partial charge in [-0.3, -0.25) is 9.69 Å². The van der Waals surface area contributed by atoms with E-state index in [1.807, 2.05) is 31.7 Å². The van der Waals surface area contributed by atoms with Crippen LogP contribution in [0.15, 0.2) is 36.9 Å². The summed E-state index contributed by atoms with van der Waals surface area (Å²) in [7, 11) is 1.46. The van der Waals surface area contributed by atoms with Crippen LogP contribution in [0.25, 0.3) is 32.1 Å². The molecule has 0 spiro atoms. The van der Waals surface area contributed by atoms with Gasteiger partial charge in [-0.25, -0.2) is 8.78 Å². The van der Waals surface area contributed by atoms with Crippen molar-refractivity contribution in [1.82, 2.24) is 19.8 Å². The molecule has 10 nitrogen and oxygen atoms in total. The fourth-order valence-electron chi connectivity index (χ4n) is 7.98. The van der Waals surface area contributed by atoms with E-state index in [4.69, 9.17) is 15.5 Å². The number of alkyl halides is 1. The highest BCUT2D eigenvalue weighted by Crippen LogP contribution is 2.44. The van der Waals surface area contributed by atoms with E-state index >= 15 is 0 Å². The van der Waals surface area contributed by atoms with Crippen molar-refractivity contribution in [1.29, 1.82) is 10.5 Å². The average molecular weight is 729 g/mol. The molecule has 4 aromatic rings. The number of anilines is 2. The number of amides is 1. The van der Waals surface area contributed by atoms with Crippen molar-refractivity contribution in [2.45, 2.75) is 84.1 Å². The third-order valence-electron chi connectivity index (χ3n) is 10.2. The van der Waals surface area contributed by atoms with Crippen LogP contribution in [-0.2, 0) is 4.79 Å². The van der Waals surface area contributed by atoms with Gasteiger partial charge in [-0.05, 0) is 69.3 Å². The van der Waals surface area contributed by atoms with Crippen LogP contribution >= 0.6 is 11.3 Å². The van der Waals surface area contributed by atoms with Crippen LogP contribution in [0.2, 0.25) is 0 Å². The molecule has 3 fully saturated rings. The van der Waals surface area contributed by atoms with Crippen molar-refractivity contribution in [3.63, 3.8) is 0 Å². The maximum absolute atomic E-state index is 14.7. The highest BCUT2D eigenvalue weighted by molar-refractivity contribution is 7.23. The summed E-state index contributed by atoms with van der Waals surface area (Å²) in [5.41, 5.74) is 7.84. The minimum absolute atomic E-state index is 0.0226. The number of halogens is 2. The molecule has 0 saturated carbocycles. The Labute approximate surface area is 308 Å². The predicted octanol–water partition coefficient (Wildman–Crippen LogP) is 7.60. The quantitative estimate of drug-likeness (QED) is 0.191. The second-order valence-corrected chi connectivity index (χ2v) is 13.8. The third kappa shape index (κ3) is 7.00. The lowest BCUT2D eigenvalue weighted by atomic mass is 9.93. The molecule has 0 bridgehead atoms. The Morgan fingerprint density at radius 2 is 1.87 bits per heavy atom. The van der Waals surface area contributed by atoms with Crippen molar-refractivity contribution < 1.29 is 18.3 Å². The van der Waals surface area contributed by atoms with Crippen molar-refractivity contribution in [3.05, 3.63) is 53.9 Å². The number of likely N-dealkylation sites (N-methyl/N-ethyl adjacent to an activating group) is 1. The van der Waals surface area contributed by atoms with E-state index in [0.29, 0.717) is 58.9 Å². The number of nitrogens with two attached hydrogens (primary N) is 1. The van der Waals surface area contributed by atoms with E-state index in [9.17, 15) is 24.1 Å². The maximum atomic E-state index is 14.7. The van der Waals surface area contributed by atoms with E-state index < -0.39 is 12.0 Å². The summed E-state index contributed by atoms with van der Waals surface area (Å²) in [6, 6.07) is 11.5. The Morgan fingerprint density at radius 3 is 2.50 bits per heavy atom. The van der Waals surface area contributed by atoms with Crippen LogP contribution in [0.1, 0.15) is 70.9 Å². The van der Waals surface area contributed by atoms with E-state index in [1.54, 1.807) is 12.1 Å². The lowest BCUT2D eigenvalue weighted by molar-refractivity contribution is -0.126. The first-order chi connectivity index (χ1) is 25.2. The average Bonchev–Trinajstić information content (AvgIpc) is 3.95. The number of likely N-dealkylation sites (tertiary alicyclic amines) is 1. The van der Waals surface area contributed by atoms with Gasteiger partial charge in [0, 0.05) is 42.0 Å². The molecule has 52 heavy (non-hydrogen) atoms. The number of thiophene rings is 1.